The number of alkyl carbamates (subject to hydrolysis) is 1. The standard InChI is InChI=1S/C24H23NO6S/c1-30-23(28)21-11-10-20(32-21)22(27)19(26)12-25-24(29)31-13-18-16-8-4-2-6-14(16)15-7-3-5-9-17(15)18/h2-11,18-19,22,26-27H,12-13H2,1H3,(H,25,29). The van der Waals surface area contributed by atoms with Crippen LogP contribution in [-0.4, -0.2) is 48.6 Å². The molecule has 166 valence electrons. The van der Waals surface area contributed by atoms with E-state index in [0.717, 1.165) is 33.6 Å². The van der Waals surface area contributed by atoms with Gasteiger partial charge in [-0.15, -0.1) is 11.3 Å². The lowest BCUT2D eigenvalue weighted by Crippen LogP contribution is -2.36. The molecule has 0 bridgehead atoms. The Morgan fingerprint density at radius 3 is 2.25 bits per heavy atom. The number of methoxy groups -OCH3 is 1. The van der Waals surface area contributed by atoms with Crippen molar-refractivity contribution in [3.63, 3.8) is 0 Å². The Morgan fingerprint density at radius 1 is 1.00 bits per heavy atom. The summed E-state index contributed by atoms with van der Waals surface area (Å²) in [5.41, 5.74) is 4.49. The van der Waals surface area contributed by atoms with Gasteiger partial charge in [0.1, 0.15) is 23.7 Å². The Morgan fingerprint density at radius 2 is 1.62 bits per heavy atom. The third-order valence-electron chi connectivity index (χ3n) is 5.47. The number of amides is 1. The Bertz CT molecular complexity index is 1080. The van der Waals surface area contributed by atoms with Crippen LogP contribution in [0.4, 0.5) is 4.79 Å². The number of thiophene rings is 1. The zero-order chi connectivity index (χ0) is 22.7. The molecule has 0 saturated carbocycles. The number of hydrogen-bond acceptors (Lipinski definition) is 7. The maximum Gasteiger partial charge on any atom is 0.407 e. The van der Waals surface area contributed by atoms with Gasteiger partial charge in [-0.3, -0.25) is 0 Å². The van der Waals surface area contributed by atoms with Crippen molar-refractivity contribution >= 4 is 23.4 Å². The summed E-state index contributed by atoms with van der Waals surface area (Å²) < 4.78 is 10.1. The van der Waals surface area contributed by atoms with Gasteiger partial charge >= 0.3 is 12.1 Å². The molecule has 1 heterocycles. The molecule has 0 saturated heterocycles. The van der Waals surface area contributed by atoms with E-state index >= 15 is 0 Å². The van der Waals surface area contributed by atoms with E-state index in [1.54, 1.807) is 0 Å². The molecule has 1 aliphatic carbocycles. The monoisotopic (exact) mass is 453 g/mol. The van der Waals surface area contributed by atoms with E-state index in [1.165, 1.54) is 19.2 Å². The molecule has 0 spiro atoms. The van der Waals surface area contributed by atoms with E-state index < -0.39 is 24.3 Å². The van der Waals surface area contributed by atoms with Crippen LogP contribution in [0.3, 0.4) is 0 Å². The first-order valence-electron chi connectivity index (χ1n) is 10.1. The second-order valence-corrected chi connectivity index (χ2v) is 8.53. The molecule has 1 aliphatic rings. The van der Waals surface area contributed by atoms with Gasteiger partial charge in [0.25, 0.3) is 0 Å². The number of carbonyl (C=O) groups excluding carboxylic acids is 2. The molecule has 1 aromatic heterocycles. The lowest BCUT2D eigenvalue weighted by atomic mass is 9.98. The third kappa shape index (κ3) is 4.38. The second-order valence-electron chi connectivity index (χ2n) is 7.41. The molecule has 3 N–H and O–H groups in total. The summed E-state index contributed by atoms with van der Waals surface area (Å²) in [7, 11) is 1.27. The number of nitrogens with one attached hydrogen (secondary N) is 1. The molecule has 7 nitrogen and oxygen atoms in total. The molecule has 4 rings (SSSR count). The molecule has 0 aliphatic heterocycles. The van der Waals surface area contributed by atoms with Crippen LogP contribution in [0.5, 0.6) is 0 Å². The maximum absolute atomic E-state index is 12.2. The molecule has 2 unspecified atom stereocenters. The Kier molecular flexibility index (Phi) is 6.55. The first-order valence-corrected chi connectivity index (χ1v) is 10.9. The minimum Gasteiger partial charge on any atom is -0.465 e. The highest BCUT2D eigenvalue weighted by molar-refractivity contribution is 7.14. The first-order chi connectivity index (χ1) is 15.5. The highest BCUT2D eigenvalue weighted by atomic mass is 32.1. The molecule has 32 heavy (non-hydrogen) atoms. The fraction of sp³-hybridized carbons (Fsp3) is 0.250. The Balaban J connectivity index is 1.32. The summed E-state index contributed by atoms with van der Waals surface area (Å²) in [6, 6.07) is 19.1. The van der Waals surface area contributed by atoms with Crippen LogP contribution in [0.15, 0.2) is 60.7 Å². The smallest absolute Gasteiger partial charge is 0.407 e. The largest absolute Gasteiger partial charge is 0.465 e. The predicted molar refractivity (Wildman–Crippen MR) is 120 cm³/mol. The van der Waals surface area contributed by atoms with Gasteiger partial charge in [0.15, 0.2) is 0 Å². The zero-order valence-corrected chi connectivity index (χ0v) is 18.2. The molecule has 3 aromatic rings. The highest BCUT2D eigenvalue weighted by Gasteiger charge is 2.29. The highest BCUT2D eigenvalue weighted by Crippen LogP contribution is 2.44. The SMILES string of the molecule is COC(=O)c1ccc(C(O)C(O)CNC(=O)OCC2c3ccccc3-c3ccccc32)s1. The molecule has 1 amide bonds. The van der Waals surface area contributed by atoms with Crippen LogP contribution in [0.2, 0.25) is 0 Å². The van der Waals surface area contributed by atoms with E-state index in [2.05, 4.69) is 22.2 Å². The van der Waals surface area contributed by atoms with Crippen molar-refractivity contribution in [2.45, 2.75) is 18.1 Å². The number of aliphatic hydroxyl groups excluding tert-OH is 2. The van der Waals surface area contributed by atoms with Crippen LogP contribution in [0.25, 0.3) is 11.1 Å². The Labute approximate surface area is 189 Å². The predicted octanol–water partition coefficient (Wildman–Crippen LogP) is 3.47. The molecule has 8 heteroatoms. The summed E-state index contributed by atoms with van der Waals surface area (Å²) in [5.74, 6) is -0.578. The first kappa shape index (κ1) is 22.0. The van der Waals surface area contributed by atoms with Gasteiger partial charge < -0.3 is 25.0 Å². The van der Waals surface area contributed by atoms with Crippen molar-refractivity contribution in [1.29, 1.82) is 0 Å². The normalized spacial score (nSPS) is 14.2. The minimum atomic E-state index is -1.26. The van der Waals surface area contributed by atoms with Gasteiger partial charge in [-0.1, -0.05) is 48.5 Å². The molecule has 0 radical (unpaired) electrons. The average molecular weight is 454 g/mol. The number of carbonyl (C=O) groups is 2. The summed E-state index contributed by atoms with van der Waals surface area (Å²) in [6.07, 6.45) is -3.20. The lowest BCUT2D eigenvalue weighted by molar-refractivity contribution is 0.0206. The summed E-state index contributed by atoms with van der Waals surface area (Å²) in [5, 5.41) is 23.0. The number of hydrogen-bond donors (Lipinski definition) is 3. The van der Waals surface area contributed by atoms with Gasteiger partial charge in [-0.25, -0.2) is 9.59 Å². The Hall–Kier alpha value is -3.20. The van der Waals surface area contributed by atoms with Gasteiger partial charge in [-0.2, -0.15) is 0 Å². The molecule has 2 atom stereocenters. The number of aliphatic hydroxyl groups is 2. The van der Waals surface area contributed by atoms with E-state index in [9.17, 15) is 19.8 Å². The molecule has 0 fully saturated rings. The van der Waals surface area contributed by atoms with Crippen LogP contribution in [0.1, 0.15) is 37.7 Å². The number of esters is 1. The van der Waals surface area contributed by atoms with Crippen LogP contribution >= 0.6 is 11.3 Å². The van der Waals surface area contributed by atoms with E-state index in [4.69, 9.17) is 4.74 Å². The number of benzene rings is 2. The third-order valence-corrected chi connectivity index (χ3v) is 6.60. The topological polar surface area (TPSA) is 105 Å². The second kappa shape index (κ2) is 9.52. The quantitative estimate of drug-likeness (QED) is 0.473. The molecule has 2 aromatic carbocycles. The summed E-state index contributed by atoms with van der Waals surface area (Å²) in [4.78, 5) is 24.5. The van der Waals surface area contributed by atoms with E-state index in [0.29, 0.717) is 9.75 Å². The van der Waals surface area contributed by atoms with Crippen molar-refractivity contribution in [3.05, 3.63) is 81.5 Å². The minimum absolute atomic E-state index is 0.0634. The van der Waals surface area contributed by atoms with Crippen molar-refractivity contribution < 1.29 is 29.3 Å². The van der Waals surface area contributed by atoms with Gasteiger partial charge in [0.05, 0.1) is 7.11 Å². The zero-order valence-electron chi connectivity index (χ0n) is 17.4. The van der Waals surface area contributed by atoms with Gasteiger partial charge in [-0.05, 0) is 34.4 Å². The van der Waals surface area contributed by atoms with Crippen molar-refractivity contribution in [2.24, 2.45) is 0 Å². The van der Waals surface area contributed by atoms with Crippen LogP contribution in [-0.2, 0) is 9.47 Å². The number of rotatable bonds is 7. The van der Waals surface area contributed by atoms with E-state index in [-0.39, 0.29) is 19.1 Å². The van der Waals surface area contributed by atoms with Crippen molar-refractivity contribution in [2.75, 3.05) is 20.3 Å². The molecular weight excluding hydrogens is 430 g/mol. The van der Waals surface area contributed by atoms with Gasteiger partial charge in [0, 0.05) is 17.3 Å². The fourth-order valence-corrected chi connectivity index (χ4v) is 4.83. The average Bonchev–Trinajstić information content (AvgIpc) is 3.44. The van der Waals surface area contributed by atoms with Crippen molar-refractivity contribution in [3.8, 4) is 11.1 Å². The van der Waals surface area contributed by atoms with Crippen LogP contribution in [0, 0.1) is 0 Å². The maximum atomic E-state index is 12.2. The van der Waals surface area contributed by atoms with Gasteiger partial charge in [0.2, 0.25) is 0 Å². The summed E-state index contributed by atoms with van der Waals surface area (Å²) >= 11 is 1.02. The number of fused-ring (bicyclic) bond motifs is 3. The fourth-order valence-electron chi connectivity index (χ4n) is 3.86. The van der Waals surface area contributed by atoms with Crippen molar-refractivity contribution in [1.82, 2.24) is 5.32 Å². The van der Waals surface area contributed by atoms with Crippen LogP contribution < -0.4 is 5.32 Å². The lowest BCUT2D eigenvalue weighted by Gasteiger charge is -2.18. The van der Waals surface area contributed by atoms with E-state index in [1.807, 2.05) is 36.4 Å². The number of ether oxygens (including phenoxy) is 2. The summed E-state index contributed by atoms with van der Waals surface area (Å²) in [6.45, 7) is -0.0464. The molecular formula is C24H23NO6S.